The van der Waals surface area contributed by atoms with E-state index in [1.54, 1.807) is 0 Å². The predicted molar refractivity (Wildman–Crippen MR) is 68.6 cm³/mol. The summed E-state index contributed by atoms with van der Waals surface area (Å²) < 4.78 is 4.34. The second kappa shape index (κ2) is 5.19. The maximum absolute atomic E-state index is 5.99. The van der Waals surface area contributed by atoms with Crippen LogP contribution < -0.4 is 5.73 Å². The summed E-state index contributed by atoms with van der Waals surface area (Å²) in [4.78, 5) is 4.21. The number of nitrogens with two attached hydrogens (primary N) is 1. The van der Waals surface area contributed by atoms with Crippen LogP contribution in [0.5, 0.6) is 0 Å². The van der Waals surface area contributed by atoms with E-state index in [0.29, 0.717) is 0 Å². The van der Waals surface area contributed by atoms with Gasteiger partial charge in [0.1, 0.15) is 5.82 Å². The average Bonchev–Trinajstić information content (AvgIpc) is 2.94. The monoisotopic (exact) mass is 232 g/mol. The fourth-order valence-electron chi connectivity index (χ4n) is 1.92. The van der Waals surface area contributed by atoms with Gasteiger partial charge in [-0.25, -0.2) is 4.98 Å². The van der Waals surface area contributed by atoms with E-state index >= 15 is 0 Å². The Balaban J connectivity index is 1.96. The number of hydrogen-bond donors (Lipinski definition) is 1. The summed E-state index contributed by atoms with van der Waals surface area (Å²) >= 11 is 0. The van der Waals surface area contributed by atoms with E-state index < -0.39 is 0 Å². The smallest absolute Gasteiger partial charge is 0.105 e. The first-order valence-electron chi connectivity index (χ1n) is 6.09. The molecular weight excluding hydrogens is 212 g/mol. The highest BCUT2D eigenvalue weighted by Crippen LogP contribution is 2.13. The lowest BCUT2D eigenvalue weighted by Gasteiger charge is -2.07. The first-order valence-corrected chi connectivity index (χ1v) is 6.09. The third-order valence-corrected chi connectivity index (χ3v) is 3.16. The molecule has 0 bridgehead atoms. The van der Waals surface area contributed by atoms with Crippen LogP contribution in [0.3, 0.4) is 0 Å². The zero-order valence-corrected chi connectivity index (χ0v) is 10.5. The minimum absolute atomic E-state index is 0.159. The van der Waals surface area contributed by atoms with E-state index in [-0.39, 0.29) is 6.04 Å². The van der Waals surface area contributed by atoms with E-state index in [0.717, 1.165) is 25.3 Å². The molecule has 0 spiro atoms. The van der Waals surface area contributed by atoms with Gasteiger partial charge in [0.25, 0.3) is 0 Å². The van der Waals surface area contributed by atoms with E-state index in [4.69, 9.17) is 5.73 Å². The Morgan fingerprint density at radius 3 is 2.82 bits per heavy atom. The van der Waals surface area contributed by atoms with Crippen molar-refractivity contribution in [1.29, 1.82) is 0 Å². The van der Waals surface area contributed by atoms with Crippen LogP contribution in [0.25, 0.3) is 0 Å². The van der Waals surface area contributed by atoms with Crippen molar-refractivity contribution < 1.29 is 0 Å². The highest BCUT2D eigenvalue weighted by atomic mass is 15.1. The summed E-state index contributed by atoms with van der Waals surface area (Å²) in [6.45, 7) is 6.03. The Hall–Kier alpha value is -1.55. The molecule has 0 amide bonds. The van der Waals surface area contributed by atoms with Gasteiger partial charge in [-0.1, -0.05) is 6.92 Å². The molecule has 0 aliphatic heterocycles. The number of aromatic nitrogens is 3. The van der Waals surface area contributed by atoms with Gasteiger partial charge in [-0.15, -0.1) is 0 Å². The highest BCUT2D eigenvalue weighted by Gasteiger charge is 2.05. The Morgan fingerprint density at radius 1 is 1.35 bits per heavy atom. The first kappa shape index (κ1) is 11.9. The van der Waals surface area contributed by atoms with Crippen LogP contribution in [0.1, 0.15) is 30.8 Å². The molecule has 2 heterocycles. The molecule has 0 aromatic carbocycles. The molecule has 4 heteroatoms. The molecule has 92 valence electrons. The Labute approximate surface area is 102 Å². The summed E-state index contributed by atoms with van der Waals surface area (Å²) in [5.41, 5.74) is 7.21. The SMILES string of the molecule is CCC(N)c1ccn(CCn2ccnc2C)c1. The molecule has 2 aromatic heterocycles. The quantitative estimate of drug-likeness (QED) is 0.858. The zero-order chi connectivity index (χ0) is 12.3. The molecule has 0 aliphatic rings. The molecule has 1 unspecified atom stereocenters. The molecule has 0 radical (unpaired) electrons. The average molecular weight is 232 g/mol. The number of hydrogen-bond acceptors (Lipinski definition) is 2. The molecule has 0 fully saturated rings. The van der Waals surface area contributed by atoms with Crippen LogP contribution in [0, 0.1) is 6.92 Å². The number of aryl methyl sites for hydroxylation is 3. The molecular formula is C13H20N4. The normalized spacial score (nSPS) is 12.9. The molecule has 0 aliphatic carbocycles. The van der Waals surface area contributed by atoms with Crippen molar-refractivity contribution in [2.45, 2.75) is 39.4 Å². The first-order chi connectivity index (χ1) is 8.20. The van der Waals surface area contributed by atoms with Gasteiger partial charge in [-0.3, -0.25) is 0 Å². The minimum Gasteiger partial charge on any atom is -0.352 e. The van der Waals surface area contributed by atoms with Gasteiger partial charge in [-0.2, -0.15) is 0 Å². The second-order valence-corrected chi connectivity index (χ2v) is 4.37. The summed E-state index contributed by atoms with van der Waals surface area (Å²) in [5, 5.41) is 0. The standard InChI is InChI=1S/C13H20N4/c1-3-13(14)12-4-6-16(10-12)8-9-17-7-5-15-11(17)2/h4-7,10,13H,3,8-9,14H2,1-2H3. The van der Waals surface area contributed by atoms with Gasteiger partial charge in [0.2, 0.25) is 0 Å². The van der Waals surface area contributed by atoms with Gasteiger partial charge in [-0.05, 0) is 25.0 Å². The molecule has 1 atom stereocenters. The lowest BCUT2D eigenvalue weighted by molar-refractivity contribution is 0.567. The maximum Gasteiger partial charge on any atom is 0.105 e. The molecule has 2 aromatic rings. The van der Waals surface area contributed by atoms with Gasteiger partial charge in [0.05, 0.1) is 0 Å². The largest absolute Gasteiger partial charge is 0.352 e. The summed E-state index contributed by atoms with van der Waals surface area (Å²) in [7, 11) is 0. The van der Waals surface area contributed by atoms with Crippen molar-refractivity contribution in [2.24, 2.45) is 5.73 Å². The predicted octanol–water partition coefficient (Wildman–Crippen LogP) is 2.10. The lowest BCUT2D eigenvalue weighted by Crippen LogP contribution is -2.09. The fourth-order valence-corrected chi connectivity index (χ4v) is 1.92. The molecule has 2 N–H and O–H groups in total. The molecule has 0 saturated carbocycles. The van der Waals surface area contributed by atoms with Crippen LogP contribution in [0.2, 0.25) is 0 Å². The van der Waals surface area contributed by atoms with Crippen molar-refractivity contribution >= 4 is 0 Å². The van der Waals surface area contributed by atoms with Crippen molar-refractivity contribution in [3.63, 3.8) is 0 Å². The Bertz CT molecular complexity index is 469. The second-order valence-electron chi connectivity index (χ2n) is 4.37. The fraction of sp³-hybridized carbons (Fsp3) is 0.462. The number of rotatable bonds is 5. The highest BCUT2D eigenvalue weighted by molar-refractivity contribution is 5.14. The van der Waals surface area contributed by atoms with Crippen molar-refractivity contribution in [3.8, 4) is 0 Å². The third-order valence-electron chi connectivity index (χ3n) is 3.16. The molecule has 4 nitrogen and oxygen atoms in total. The van der Waals surface area contributed by atoms with Crippen molar-refractivity contribution in [1.82, 2.24) is 14.1 Å². The van der Waals surface area contributed by atoms with Gasteiger partial charge >= 0.3 is 0 Å². The van der Waals surface area contributed by atoms with Crippen LogP contribution in [0.4, 0.5) is 0 Å². The minimum atomic E-state index is 0.159. The van der Waals surface area contributed by atoms with E-state index in [1.807, 2.05) is 19.3 Å². The zero-order valence-electron chi connectivity index (χ0n) is 10.5. The summed E-state index contributed by atoms with van der Waals surface area (Å²) in [5.74, 6) is 1.06. The van der Waals surface area contributed by atoms with Crippen LogP contribution in [0.15, 0.2) is 30.9 Å². The van der Waals surface area contributed by atoms with Crippen LogP contribution in [-0.4, -0.2) is 14.1 Å². The Kier molecular flexibility index (Phi) is 3.64. The summed E-state index contributed by atoms with van der Waals surface area (Å²) in [6, 6.07) is 2.26. The van der Waals surface area contributed by atoms with E-state index in [9.17, 15) is 0 Å². The van der Waals surface area contributed by atoms with Gasteiger partial charge < -0.3 is 14.9 Å². The van der Waals surface area contributed by atoms with Crippen LogP contribution in [-0.2, 0) is 13.1 Å². The van der Waals surface area contributed by atoms with Crippen molar-refractivity contribution in [3.05, 3.63) is 42.2 Å². The van der Waals surface area contributed by atoms with Crippen LogP contribution >= 0.6 is 0 Å². The molecule has 2 rings (SSSR count). The molecule has 17 heavy (non-hydrogen) atoms. The number of nitrogens with zero attached hydrogens (tertiary/aromatic N) is 3. The number of imidazole rings is 1. The van der Waals surface area contributed by atoms with Gasteiger partial charge in [0, 0.05) is 43.9 Å². The molecule has 0 saturated heterocycles. The van der Waals surface area contributed by atoms with E-state index in [1.165, 1.54) is 5.56 Å². The Morgan fingerprint density at radius 2 is 2.18 bits per heavy atom. The van der Waals surface area contributed by atoms with Gasteiger partial charge in [0.15, 0.2) is 0 Å². The third kappa shape index (κ3) is 2.77. The lowest BCUT2D eigenvalue weighted by atomic mass is 10.1. The van der Waals surface area contributed by atoms with Crippen molar-refractivity contribution in [2.75, 3.05) is 0 Å². The summed E-state index contributed by atoms with van der Waals surface area (Å²) in [6.07, 6.45) is 9.06. The topological polar surface area (TPSA) is 48.8 Å². The van der Waals surface area contributed by atoms with E-state index in [2.05, 4.69) is 39.5 Å². The maximum atomic E-state index is 5.99.